The van der Waals surface area contributed by atoms with E-state index in [4.69, 9.17) is 0 Å². The van der Waals surface area contributed by atoms with E-state index in [2.05, 4.69) is 66.3 Å². The highest BCUT2D eigenvalue weighted by molar-refractivity contribution is 5.78. The van der Waals surface area contributed by atoms with Crippen LogP contribution in [0.25, 0.3) is 0 Å². The zero-order chi connectivity index (χ0) is 17.2. The first-order valence-electron chi connectivity index (χ1n) is 9.40. The molecule has 4 heteroatoms. The van der Waals surface area contributed by atoms with Crippen LogP contribution in [0.5, 0.6) is 0 Å². The molecule has 1 aromatic rings. The number of hydrogen-bond acceptors (Lipinski definition) is 2. The van der Waals surface area contributed by atoms with Crippen LogP contribution in [0.3, 0.4) is 0 Å². The van der Waals surface area contributed by atoms with Gasteiger partial charge in [0.2, 0.25) is 0 Å². The number of urea groups is 1. The quantitative estimate of drug-likeness (QED) is 0.896. The number of nitrogens with one attached hydrogen (secondary N) is 1. The minimum Gasteiger partial charge on any atom is -0.336 e. The summed E-state index contributed by atoms with van der Waals surface area (Å²) in [5.74, 6) is 0. The van der Waals surface area contributed by atoms with Crippen LogP contribution in [0.1, 0.15) is 51.5 Å². The second-order valence-corrected chi connectivity index (χ2v) is 7.45. The van der Waals surface area contributed by atoms with E-state index in [0.29, 0.717) is 0 Å². The molecule has 24 heavy (non-hydrogen) atoms. The Labute approximate surface area is 146 Å². The summed E-state index contributed by atoms with van der Waals surface area (Å²) in [6.45, 7) is 7.11. The summed E-state index contributed by atoms with van der Waals surface area (Å²) in [4.78, 5) is 16.9. The van der Waals surface area contributed by atoms with E-state index < -0.39 is 0 Å². The number of benzene rings is 1. The molecular weight excluding hydrogens is 298 g/mol. The van der Waals surface area contributed by atoms with Gasteiger partial charge in [-0.15, -0.1) is 0 Å². The fraction of sp³-hybridized carbons (Fsp3) is 0.650. The van der Waals surface area contributed by atoms with Crippen LogP contribution in [0, 0.1) is 0 Å². The molecular formula is C20H31N3O. The monoisotopic (exact) mass is 329 g/mol. The highest BCUT2D eigenvalue weighted by Gasteiger charge is 2.51. The molecule has 1 N–H and O–H groups in total. The van der Waals surface area contributed by atoms with Crippen molar-refractivity contribution in [3.8, 4) is 0 Å². The van der Waals surface area contributed by atoms with Gasteiger partial charge in [0.15, 0.2) is 0 Å². The van der Waals surface area contributed by atoms with Crippen LogP contribution in [-0.2, 0) is 5.54 Å². The average molecular weight is 329 g/mol. The Morgan fingerprint density at radius 2 is 1.79 bits per heavy atom. The van der Waals surface area contributed by atoms with E-state index in [0.717, 1.165) is 51.7 Å². The summed E-state index contributed by atoms with van der Waals surface area (Å²) >= 11 is 0. The number of carbonyl (C=O) groups excluding carboxylic acids is 1. The molecule has 0 bridgehead atoms. The van der Waals surface area contributed by atoms with E-state index in [9.17, 15) is 4.79 Å². The van der Waals surface area contributed by atoms with E-state index in [1.54, 1.807) is 0 Å². The maximum absolute atomic E-state index is 12.3. The average Bonchev–Trinajstić information content (AvgIpc) is 2.93. The minimum atomic E-state index is 0.0277. The largest absolute Gasteiger partial charge is 0.336 e. The van der Waals surface area contributed by atoms with E-state index in [1.807, 2.05) is 0 Å². The molecule has 1 spiro atoms. The number of amides is 2. The van der Waals surface area contributed by atoms with Crippen molar-refractivity contribution >= 4 is 6.03 Å². The lowest BCUT2D eigenvalue weighted by Gasteiger charge is -2.51. The lowest BCUT2D eigenvalue weighted by atomic mass is 9.68. The first kappa shape index (κ1) is 17.3. The normalized spacial score (nSPS) is 30.2. The predicted molar refractivity (Wildman–Crippen MR) is 98.0 cm³/mol. The second-order valence-electron chi connectivity index (χ2n) is 7.45. The zero-order valence-electron chi connectivity index (χ0n) is 15.3. The van der Waals surface area contributed by atoms with Gasteiger partial charge in [0.05, 0.1) is 5.54 Å². The van der Waals surface area contributed by atoms with Crippen molar-refractivity contribution in [2.45, 2.75) is 57.0 Å². The lowest BCUT2D eigenvalue weighted by molar-refractivity contribution is 0.0157. The molecule has 2 aliphatic rings. The van der Waals surface area contributed by atoms with Crippen molar-refractivity contribution in [1.29, 1.82) is 0 Å². The first-order chi connectivity index (χ1) is 11.6. The van der Waals surface area contributed by atoms with Crippen molar-refractivity contribution in [2.24, 2.45) is 0 Å². The Bertz CT molecular complexity index is 564. The van der Waals surface area contributed by atoms with Gasteiger partial charge in [0.1, 0.15) is 0 Å². The molecule has 0 unspecified atom stereocenters. The van der Waals surface area contributed by atoms with Gasteiger partial charge in [-0.25, -0.2) is 4.79 Å². The van der Waals surface area contributed by atoms with Crippen LogP contribution in [0.4, 0.5) is 4.79 Å². The molecule has 3 rings (SSSR count). The van der Waals surface area contributed by atoms with E-state index >= 15 is 0 Å². The van der Waals surface area contributed by atoms with Crippen LogP contribution in [-0.4, -0.2) is 48.1 Å². The summed E-state index contributed by atoms with van der Waals surface area (Å²) in [7, 11) is 2.24. The molecule has 4 nitrogen and oxygen atoms in total. The third-order valence-corrected chi connectivity index (χ3v) is 6.36. The Morgan fingerprint density at radius 3 is 2.38 bits per heavy atom. The molecule has 2 amide bonds. The van der Waals surface area contributed by atoms with Crippen LogP contribution >= 0.6 is 0 Å². The third-order valence-electron chi connectivity index (χ3n) is 6.36. The second kappa shape index (κ2) is 6.75. The molecule has 0 radical (unpaired) electrons. The van der Waals surface area contributed by atoms with Crippen molar-refractivity contribution in [3.05, 3.63) is 35.9 Å². The molecule has 132 valence electrons. The number of nitrogens with zero attached hydrogens (tertiary/aromatic N) is 2. The summed E-state index contributed by atoms with van der Waals surface area (Å²) < 4.78 is 0. The molecule has 1 aliphatic carbocycles. The Morgan fingerprint density at radius 1 is 1.12 bits per heavy atom. The van der Waals surface area contributed by atoms with Crippen LogP contribution in [0.15, 0.2) is 30.3 Å². The maximum atomic E-state index is 12.3. The van der Waals surface area contributed by atoms with Crippen molar-refractivity contribution < 1.29 is 4.79 Å². The first-order valence-corrected chi connectivity index (χ1v) is 9.40. The standard InChI is InChI=1S/C20H31N3O/c1-4-15-23-18(24)21-16-19(23)11-13-20(14-12-19,22(3)5-2)17-9-7-6-8-10-17/h6-10H,4-5,11-16H2,1-3H3,(H,21,24). The molecule has 1 saturated carbocycles. The summed E-state index contributed by atoms with van der Waals surface area (Å²) in [6, 6.07) is 11.1. The molecule has 1 aliphatic heterocycles. The van der Waals surface area contributed by atoms with Crippen molar-refractivity contribution in [3.63, 3.8) is 0 Å². The minimum absolute atomic E-state index is 0.0277. The highest BCUT2D eigenvalue weighted by atomic mass is 16.2. The molecule has 1 aromatic carbocycles. The molecule has 2 fully saturated rings. The zero-order valence-corrected chi connectivity index (χ0v) is 15.3. The van der Waals surface area contributed by atoms with Crippen molar-refractivity contribution in [2.75, 3.05) is 26.7 Å². The fourth-order valence-corrected chi connectivity index (χ4v) is 4.73. The van der Waals surface area contributed by atoms with Gasteiger partial charge in [-0.2, -0.15) is 0 Å². The van der Waals surface area contributed by atoms with E-state index in [-0.39, 0.29) is 17.1 Å². The maximum Gasteiger partial charge on any atom is 0.318 e. The smallest absolute Gasteiger partial charge is 0.318 e. The summed E-state index contributed by atoms with van der Waals surface area (Å²) in [6.07, 6.45) is 5.39. The Kier molecular flexibility index (Phi) is 4.86. The molecule has 1 saturated heterocycles. The SMILES string of the molecule is CCCN1C(=O)NCC12CCC(c1ccccc1)(N(C)CC)CC2. The van der Waals surface area contributed by atoms with Gasteiger partial charge >= 0.3 is 6.03 Å². The van der Waals surface area contributed by atoms with Crippen LogP contribution in [0.2, 0.25) is 0 Å². The van der Waals surface area contributed by atoms with Gasteiger partial charge < -0.3 is 10.2 Å². The van der Waals surface area contributed by atoms with Gasteiger partial charge in [-0.1, -0.05) is 44.2 Å². The number of rotatable bonds is 5. The topological polar surface area (TPSA) is 35.6 Å². The van der Waals surface area contributed by atoms with Gasteiger partial charge in [0.25, 0.3) is 0 Å². The van der Waals surface area contributed by atoms with Gasteiger partial charge in [0, 0.05) is 18.6 Å². The molecule has 0 aromatic heterocycles. The Hall–Kier alpha value is -1.55. The number of hydrogen-bond donors (Lipinski definition) is 1. The van der Waals surface area contributed by atoms with Crippen molar-refractivity contribution in [1.82, 2.24) is 15.1 Å². The predicted octanol–water partition coefficient (Wildman–Crippen LogP) is 3.58. The third kappa shape index (κ3) is 2.71. The summed E-state index contributed by atoms with van der Waals surface area (Å²) in [5, 5.41) is 3.10. The summed E-state index contributed by atoms with van der Waals surface area (Å²) in [5.41, 5.74) is 1.55. The lowest BCUT2D eigenvalue weighted by Crippen LogP contribution is -2.56. The van der Waals surface area contributed by atoms with E-state index in [1.165, 1.54) is 5.56 Å². The molecule has 1 heterocycles. The highest BCUT2D eigenvalue weighted by Crippen LogP contribution is 2.47. The molecule has 0 atom stereocenters. The fourth-order valence-electron chi connectivity index (χ4n) is 4.73. The van der Waals surface area contributed by atoms with Crippen LogP contribution < -0.4 is 5.32 Å². The van der Waals surface area contributed by atoms with Gasteiger partial charge in [-0.05, 0) is 51.3 Å². The Balaban J connectivity index is 1.86. The number of carbonyl (C=O) groups is 1. The van der Waals surface area contributed by atoms with Gasteiger partial charge in [-0.3, -0.25) is 4.90 Å².